The summed E-state index contributed by atoms with van der Waals surface area (Å²) in [7, 11) is 0. The van der Waals surface area contributed by atoms with Crippen LogP contribution in [0.15, 0.2) is 58.9 Å². The van der Waals surface area contributed by atoms with E-state index in [4.69, 9.17) is 0 Å². The van der Waals surface area contributed by atoms with Gasteiger partial charge in [-0.25, -0.2) is 9.78 Å². The second-order valence-corrected chi connectivity index (χ2v) is 4.69. The van der Waals surface area contributed by atoms with Gasteiger partial charge in [-0.15, -0.1) is 6.58 Å². The third-order valence-electron chi connectivity index (χ3n) is 3.26. The topological polar surface area (TPSA) is 72.7 Å². The molecular formula is C15H14N4O2. The average molecular weight is 282 g/mol. The van der Waals surface area contributed by atoms with Gasteiger partial charge in [0.1, 0.15) is 0 Å². The smallest absolute Gasteiger partial charge is 0.320 e. The first-order valence-corrected chi connectivity index (χ1v) is 6.53. The first kappa shape index (κ1) is 13.1. The van der Waals surface area contributed by atoms with Crippen molar-refractivity contribution in [1.82, 2.24) is 19.1 Å². The molecule has 0 saturated heterocycles. The van der Waals surface area contributed by atoms with Crippen molar-refractivity contribution in [1.29, 1.82) is 0 Å². The zero-order valence-electron chi connectivity index (χ0n) is 11.3. The van der Waals surface area contributed by atoms with E-state index in [9.17, 15) is 9.59 Å². The summed E-state index contributed by atoms with van der Waals surface area (Å²) < 4.78 is 2.85. The Morgan fingerprint density at radius 2 is 2.00 bits per heavy atom. The van der Waals surface area contributed by atoms with E-state index in [1.54, 1.807) is 10.9 Å². The Bertz CT molecular complexity index is 903. The van der Waals surface area contributed by atoms with Crippen LogP contribution in [0.1, 0.15) is 5.56 Å². The van der Waals surface area contributed by atoms with Crippen molar-refractivity contribution in [3.63, 3.8) is 0 Å². The molecule has 3 aromatic rings. The molecule has 0 fully saturated rings. The standard InChI is InChI=1S/C15H14N4O2/c1-2-8-19-14(20)12-13(17-15(19)21)16-10-18(12)9-11-6-4-3-5-7-11/h2-7,10H,1,8-9H2,(H,17,21). The van der Waals surface area contributed by atoms with Crippen molar-refractivity contribution in [2.75, 3.05) is 0 Å². The predicted octanol–water partition coefficient (Wildman–Crippen LogP) is 1.12. The molecule has 2 heterocycles. The Kier molecular flexibility index (Phi) is 3.27. The normalized spacial score (nSPS) is 10.9. The van der Waals surface area contributed by atoms with Gasteiger partial charge in [0, 0.05) is 13.1 Å². The number of allylic oxidation sites excluding steroid dienone is 1. The van der Waals surface area contributed by atoms with Crippen LogP contribution >= 0.6 is 0 Å². The number of hydrogen-bond acceptors (Lipinski definition) is 3. The molecule has 3 rings (SSSR count). The molecule has 0 radical (unpaired) electrons. The molecule has 6 nitrogen and oxygen atoms in total. The van der Waals surface area contributed by atoms with Crippen molar-refractivity contribution in [2.45, 2.75) is 13.1 Å². The van der Waals surface area contributed by atoms with Crippen LogP contribution in [-0.2, 0) is 13.1 Å². The summed E-state index contributed by atoms with van der Waals surface area (Å²) in [4.78, 5) is 31.0. The van der Waals surface area contributed by atoms with Crippen LogP contribution in [0, 0.1) is 0 Å². The van der Waals surface area contributed by atoms with Gasteiger partial charge < -0.3 is 4.57 Å². The maximum absolute atomic E-state index is 12.4. The Balaban J connectivity index is 2.17. The maximum Gasteiger partial charge on any atom is 0.330 e. The van der Waals surface area contributed by atoms with E-state index >= 15 is 0 Å². The zero-order chi connectivity index (χ0) is 14.8. The molecule has 0 unspecified atom stereocenters. The number of imidazole rings is 1. The molecule has 0 aliphatic carbocycles. The minimum Gasteiger partial charge on any atom is -0.320 e. The molecule has 0 aliphatic heterocycles. The van der Waals surface area contributed by atoms with E-state index in [0.717, 1.165) is 10.1 Å². The molecule has 0 atom stereocenters. The van der Waals surface area contributed by atoms with E-state index < -0.39 is 5.69 Å². The SMILES string of the molecule is C=CCn1c(=O)[nH]c2ncn(Cc3ccccc3)c2c1=O. The van der Waals surface area contributed by atoms with E-state index in [2.05, 4.69) is 16.5 Å². The number of nitrogens with zero attached hydrogens (tertiary/aromatic N) is 3. The summed E-state index contributed by atoms with van der Waals surface area (Å²) in [5.41, 5.74) is 0.915. The maximum atomic E-state index is 12.4. The molecule has 2 aromatic heterocycles. The Morgan fingerprint density at radius 1 is 1.24 bits per heavy atom. The number of aromatic nitrogens is 4. The molecular weight excluding hydrogens is 268 g/mol. The van der Waals surface area contributed by atoms with Crippen LogP contribution < -0.4 is 11.2 Å². The van der Waals surface area contributed by atoms with Gasteiger partial charge in [0.05, 0.1) is 6.33 Å². The lowest BCUT2D eigenvalue weighted by Gasteiger charge is -2.05. The van der Waals surface area contributed by atoms with E-state index in [1.807, 2.05) is 30.3 Å². The molecule has 0 bridgehead atoms. The van der Waals surface area contributed by atoms with Gasteiger partial charge in [-0.3, -0.25) is 14.3 Å². The fraction of sp³-hybridized carbons (Fsp3) is 0.133. The summed E-state index contributed by atoms with van der Waals surface area (Å²) >= 11 is 0. The van der Waals surface area contributed by atoms with Gasteiger partial charge in [-0.1, -0.05) is 36.4 Å². The van der Waals surface area contributed by atoms with Crippen molar-refractivity contribution >= 4 is 11.2 Å². The lowest BCUT2D eigenvalue weighted by Crippen LogP contribution is -2.35. The first-order chi connectivity index (χ1) is 10.2. The second-order valence-electron chi connectivity index (χ2n) is 4.69. The second kappa shape index (κ2) is 5.24. The van der Waals surface area contributed by atoms with Gasteiger partial charge in [-0.2, -0.15) is 0 Å². The molecule has 0 spiro atoms. The first-order valence-electron chi connectivity index (χ1n) is 6.53. The third kappa shape index (κ3) is 2.31. The number of fused-ring (bicyclic) bond motifs is 1. The minimum absolute atomic E-state index is 0.167. The van der Waals surface area contributed by atoms with Gasteiger partial charge in [0.15, 0.2) is 11.2 Å². The van der Waals surface area contributed by atoms with Gasteiger partial charge >= 0.3 is 5.69 Å². The Labute approximate surface area is 120 Å². The summed E-state index contributed by atoms with van der Waals surface area (Å²) in [5.74, 6) is 0. The van der Waals surface area contributed by atoms with Crippen molar-refractivity contribution in [3.8, 4) is 0 Å². The fourth-order valence-electron chi connectivity index (χ4n) is 2.28. The van der Waals surface area contributed by atoms with Crippen LogP contribution in [0.4, 0.5) is 0 Å². The van der Waals surface area contributed by atoms with Crippen LogP contribution in [0.25, 0.3) is 11.2 Å². The Hall–Kier alpha value is -2.89. The molecule has 1 aromatic carbocycles. The third-order valence-corrected chi connectivity index (χ3v) is 3.26. The van der Waals surface area contributed by atoms with Crippen molar-refractivity contribution in [3.05, 3.63) is 75.7 Å². The van der Waals surface area contributed by atoms with Crippen LogP contribution in [0.2, 0.25) is 0 Å². The zero-order valence-corrected chi connectivity index (χ0v) is 11.3. The van der Waals surface area contributed by atoms with E-state index in [1.165, 1.54) is 6.08 Å². The fourth-order valence-corrected chi connectivity index (χ4v) is 2.28. The largest absolute Gasteiger partial charge is 0.330 e. The van der Waals surface area contributed by atoms with Crippen molar-refractivity contribution < 1.29 is 0 Å². The molecule has 0 aliphatic rings. The number of nitrogens with one attached hydrogen (secondary N) is 1. The summed E-state index contributed by atoms with van der Waals surface area (Å²) in [6.07, 6.45) is 3.08. The molecule has 1 N–H and O–H groups in total. The summed E-state index contributed by atoms with van der Waals surface area (Å²) in [5, 5.41) is 0. The van der Waals surface area contributed by atoms with Gasteiger partial charge in [0.25, 0.3) is 5.56 Å². The van der Waals surface area contributed by atoms with E-state index in [0.29, 0.717) is 17.7 Å². The molecule has 0 amide bonds. The predicted molar refractivity (Wildman–Crippen MR) is 80.4 cm³/mol. The van der Waals surface area contributed by atoms with Crippen LogP contribution in [0.3, 0.4) is 0 Å². The number of benzene rings is 1. The summed E-state index contributed by atoms with van der Waals surface area (Å²) in [6.45, 7) is 4.25. The van der Waals surface area contributed by atoms with Gasteiger partial charge in [0.2, 0.25) is 0 Å². The lowest BCUT2D eigenvalue weighted by atomic mass is 10.2. The highest BCUT2D eigenvalue weighted by Gasteiger charge is 2.12. The van der Waals surface area contributed by atoms with Crippen LogP contribution in [0.5, 0.6) is 0 Å². The molecule has 106 valence electrons. The number of aromatic amines is 1. The molecule has 6 heteroatoms. The highest BCUT2D eigenvalue weighted by atomic mass is 16.2. The summed E-state index contributed by atoms with van der Waals surface area (Å²) in [6, 6.07) is 9.75. The lowest BCUT2D eigenvalue weighted by molar-refractivity contribution is 0.717. The number of rotatable bonds is 4. The highest BCUT2D eigenvalue weighted by molar-refractivity contribution is 5.69. The number of H-pyrrole nitrogens is 1. The minimum atomic E-state index is -0.475. The quantitative estimate of drug-likeness (QED) is 0.729. The Morgan fingerprint density at radius 3 is 2.71 bits per heavy atom. The van der Waals surface area contributed by atoms with Crippen molar-refractivity contribution in [2.24, 2.45) is 0 Å². The van der Waals surface area contributed by atoms with E-state index in [-0.39, 0.29) is 12.1 Å². The van der Waals surface area contributed by atoms with Crippen LogP contribution in [-0.4, -0.2) is 19.1 Å². The average Bonchev–Trinajstić information content (AvgIpc) is 2.87. The van der Waals surface area contributed by atoms with Gasteiger partial charge in [-0.05, 0) is 5.56 Å². The molecule has 21 heavy (non-hydrogen) atoms. The molecule has 0 saturated carbocycles. The number of hydrogen-bond donors (Lipinski definition) is 1. The highest BCUT2D eigenvalue weighted by Crippen LogP contribution is 2.08. The monoisotopic (exact) mass is 282 g/mol.